The van der Waals surface area contributed by atoms with E-state index in [4.69, 9.17) is 23.2 Å². The van der Waals surface area contributed by atoms with Crippen LogP contribution in [0.25, 0.3) is 0 Å². The normalized spacial score (nSPS) is 11.6. The van der Waals surface area contributed by atoms with Gasteiger partial charge in [0.15, 0.2) is 11.6 Å². The molecule has 0 aromatic heterocycles. The predicted octanol–water partition coefficient (Wildman–Crippen LogP) is 4.16. The molecule has 0 atom stereocenters. The summed E-state index contributed by atoms with van der Waals surface area (Å²) in [6, 6.07) is 0.951. The number of allylic oxidation sites excluding steroid dienone is 2. The second kappa shape index (κ2) is 5.63. The highest BCUT2D eigenvalue weighted by Crippen LogP contribution is 2.31. The van der Waals surface area contributed by atoms with Crippen LogP contribution in [0, 0.1) is 12.7 Å². The lowest BCUT2D eigenvalue weighted by molar-refractivity contribution is -0.113. The summed E-state index contributed by atoms with van der Waals surface area (Å²) in [6.07, 6.45) is 1.38. The molecule has 0 aliphatic rings. The lowest BCUT2D eigenvalue weighted by Gasteiger charge is -2.09. The summed E-state index contributed by atoms with van der Waals surface area (Å²) >= 11 is 11.6. The molecule has 0 spiro atoms. The molecule has 1 rings (SSSR count). The van der Waals surface area contributed by atoms with Gasteiger partial charge in [0.1, 0.15) is 5.82 Å². The third-order valence-electron chi connectivity index (χ3n) is 2.53. The summed E-state index contributed by atoms with van der Waals surface area (Å²) in [6.45, 7) is 4.33. The Balaban J connectivity index is 3.44. The summed E-state index contributed by atoms with van der Waals surface area (Å²) in [7, 11) is 0. The molecule has 5 heteroatoms. The molecule has 0 radical (unpaired) electrons. The van der Waals surface area contributed by atoms with Crippen molar-refractivity contribution in [3.05, 3.63) is 44.7 Å². The lowest BCUT2D eigenvalue weighted by atomic mass is 9.98. The summed E-state index contributed by atoms with van der Waals surface area (Å²) in [5, 5.41) is -0.0617. The van der Waals surface area contributed by atoms with E-state index < -0.39 is 17.4 Å². The van der Waals surface area contributed by atoms with E-state index >= 15 is 0 Å². The third-order valence-corrected chi connectivity index (χ3v) is 3.48. The van der Waals surface area contributed by atoms with Crippen LogP contribution in [0.5, 0.6) is 0 Å². The molecule has 0 saturated carbocycles. The average molecular weight is 289 g/mol. The molecule has 0 aliphatic carbocycles. The first-order chi connectivity index (χ1) is 8.31. The lowest BCUT2D eigenvalue weighted by Crippen LogP contribution is -2.12. The molecule has 0 amide bonds. The van der Waals surface area contributed by atoms with E-state index in [-0.39, 0.29) is 26.7 Å². The van der Waals surface area contributed by atoms with Crippen molar-refractivity contribution in [3.8, 4) is 0 Å². The standard InChI is InChI=1S/C13H11Cl2FO2/c1-4-8(7(3)17)13(18)9-5-10(16)12(15)6(2)11(9)14/h4-5H,1-3H3/b8-4+. The zero-order valence-electron chi connectivity index (χ0n) is 10.1. The van der Waals surface area contributed by atoms with Gasteiger partial charge in [-0.15, -0.1) is 0 Å². The van der Waals surface area contributed by atoms with Gasteiger partial charge in [0, 0.05) is 5.56 Å². The average Bonchev–Trinajstić information content (AvgIpc) is 2.31. The van der Waals surface area contributed by atoms with Crippen molar-refractivity contribution in [2.45, 2.75) is 20.8 Å². The van der Waals surface area contributed by atoms with Crippen molar-refractivity contribution in [1.82, 2.24) is 0 Å². The van der Waals surface area contributed by atoms with Crippen molar-refractivity contribution in [1.29, 1.82) is 0 Å². The van der Waals surface area contributed by atoms with Gasteiger partial charge in [-0.3, -0.25) is 9.59 Å². The minimum absolute atomic E-state index is 0.0296. The number of rotatable bonds is 3. The molecule has 1 aromatic carbocycles. The molecule has 96 valence electrons. The second-order valence-electron chi connectivity index (χ2n) is 3.75. The highest BCUT2D eigenvalue weighted by atomic mass is 35.5. The number of carbonyl (C=O) groups excluding carboxylic acids is 2. The highest BCUT2D eigenvalue weighted by molar-refractivity contribution is 6.40. The second-order valence-corrected chi connectivity index (χ2v) is 4.50. The van der Waals surface area contributed by atoms with Gasteiger partial charge in [-0.25, -0.2) is 4.39 Å². The van der Waals surface area contributed by atoms with Crippen LogP contribution >= 0.6 is 23.2 Å². The number of halogens is 3. The SMILES string of the molecule is C/C=C(\C(C)=O)C(=O)c1cc(F)c(Cl)c(C)c1Cl. The topological polar surface area (TPSA) is 34.1 Å². The first-order valence-corrected chi connectivity index (χ1v) is 5.92. The number of Topliss-reactive ketones (excluding diaryl/α,β-unsaturated/α-hetero) is 2. The quantitative estimate of drug-likeness (QED) is 0.275. The largest absolute Gasteiger partial charge is 0.294 e. The maximum atomic E-state index is 13.5. The number of benzene rings is 1. The zero-order valence-corrected chi connectivity index (χ0v) is 11.6. The van der Waals surface area contributed by atoms with Crippen LogP contribution < -0.4 is 0 Å². The van der Waals surface area contributed by atoms with Crippen molar-refractivity contribution in [2.24, 2.45) is 0 Å². The minimum Gasteiger partial charge on any atom is -0.294 e. The van der Waals surface area contributed by atoms with E-state index in [0.29, 0.717) is 0 Å². The molecule has 18 heavy (non-hydrogen) atoms. The van der Waals surface area contributed by atoms with E-state index in [1.165, 1.54) is 19.9 Å². The molecule has 0 bridgehead atoms. The first kappa shape index (κ1) is 14.9. The van der Waals surface area contributed by atoms with Gasteiger partial charge >= 0.3 is 0 Å². The van der Waals surface area contributed by atoms with Crippen LogP contribution in [0.2, 0.25) is 10.0 Å². The molecular weight excluding hydrogens is 278 g/mol. The molecule has 2 nitrogen and oxygen atoms in total. The maximum Gasteiger partial charge on any atom is 0.197 e. The molecular formula is C13H11Cl2FO2. The Kier molecular flexibility index (Phi) is 4.65. The molecule has 0 aliphatic heterocycles. The van der Waals surface area contributed by atoms with Gasteiger partial charge in [0.2, 0.25) is 0 Å². The van der Waals surface area contributed by atoms with Crippen LogP contribution in [0.15, 0.2) is 17.7 Å². The Bertz CT molecular complexity index is 563. The predicted molar refractivity (Wildman–Crippen MR) is 69.9 cm³/mol. The van der Waals surface area contributed by atoms with E-state index in [0.717, 1.165) is 6.07 Å². The van der Waals surface area contributed by atoms with Crippen molar-refractivity contribution < 1.29 is 14.0 Å². The summed E-state index contributed by atoms with van der Waals surface area (Å²) < 4.78 is 13.5. The molecule has 1 aromatic rings. The van der Waals surface area contributed by atoms with Crippen molar-refractivity contribution in [2.75, 3.05) is 0 Å². The molecule has 0 heterocycles. The fourth-order valence-corrected chi connectivity index (χ4v) is 1.97. The van der Waals surface area contributed by atoms with E-state index in [9.17, 15) is 14.0 Å². The van der Waals surface area contributed by atoms with Crippen LogP contribution in [-0.2, 0) is 4.79 Å². The smallest absolute Gasteiger partial charge is 0.197 e. The first-order valence-electron chi connectivity index (χ1n) is 5.17. The van der Waals surface area contributed by atoms with E-state index in [2.05, 4.69) is 0 Å². The third kappa shape index (κ3) is 2.62. The van der Waals surface area contributed by atoms with Crippen molar-refractivity contribution in [3.63, 3.8) is 0 Å². The van der Waals surface area contributed by atoms with Gasteiger partial charge in [-0.1, -0.05) is 29.3 Å². The molecule has 0 unspecified atom stereocenters. The van der Waals surface area contributed by atoms with E-state index in [1.54, 1.807) is 6.92 Å². The number of ketones is 2. The fraction of sp³-hybridized carbons (Fsp3) is 0.231. The number of hydrogen-bond donors (Lipinski definition) is 0. The fourth-order valence-electron chi connectivity index (χ4n) is 1.54. The van der Waals surface area contributed by atoms with E-state index in [1.807, 2.05) is 0 Å². The Morgan fingerprint density at radius 2 is 1.83 bits per heavy atom. The van der Waals surface area contributed by atoms with Crippen LogP contribution in [0.1, 0.15) is 29.8 Å². The van der Waals surface area contributed by atoms with Crippen LogP contribution in [0.4, 0.5) is 4.39 Å². The summed E-state index contributed by atoms with van der Waals surface area (Å²) in [5.74, 6) is -1.74. The van der Waals surface area contributed by atoms with Crippen LogP contribution in [0.3, 0.4) is 0 Å². The molecule has 0 N–H and O–H groups in total. The molecule has 0 saturated heterocycles. The Morgan fingerprint density at radius 3 is 2.28 bits per heavy atom. The van der Waals surface area contributed by atoms with Gasteiger partial charge in [-0.2, -0.15) is 0 Å². The summed E-state index contributed by atoms with van der Waals surface area (Å²) in [5.41, 5.74) is 0.193. The highest BCUT2D eigenvalue weighted by Gasteiger charge is 2.22. The van der Waals surface area contributed by atoms with Gasteiger partial charge < -0.3 is 0 Å². The maximum absolute atomic E-state index is 13.5. The Morgan fingerprint density at radius 1 is 1.28 bits per heavy atom. The van der Waals surface area contributed by atoms with Crippen molar-refractivity contribution >= 4 is 34.8 Å². The number of hydrogen-bond acceptors (Lipinski definition) is 2. The minimum atomic E-state index is -0.735. The Labute approximate surface area is 114 Å². The summed E-state index contributed by atoms with van der Waals surface area (Å²) in [4.78, 5) is 23.4. The van der Waals surface area contributed by atoms with Gasteiger partial charge in [0.05, 0.1) is 15.6 Å². The Hall–Kier alpha value is -1.19. The molecule has 0 fully saturated rings. The monoisotopic (exact) mass is 288 g/mol. The number of carbonyl (C=O) groups is 2. The zero-order chi connectivity index (χ0) is 14.0. The van der Waals surface area contributed by atoms with Gasteiger partial charge in [-0.05, 0) is 32.4 Å². The van der Waals surface area contributed by atoms with Gasteiger partial charge in [0.25, 0.3) is 0 Å². The van der Waals surface area contributed by atoms with Crippen LogP contribution in [-0.4, -0.2) is 11.6 Å².